The first-order valence-electron chi connectivity index (χ1n) is 2.84. The number of hydrogen-bond acceptors (Lipinski definition) is 5. The van der Waals surface area contributed by atoms with Gasteiger partial charge in [0.2, 0.25) is 0 Å². The minimum atomic E-state index is -3.56. The second kappa shape index (κ2) is 6.36. The minimum absolute atomic E-state index is 0. The van der Waals surface area contributed by atoms with Crippen molar-refractivity contribution in [3.8, 4) is 0 Å². The molecule has 5 nitrogen and oxygen atoms in total. The Morgan fingerprint density at radius 3 is 2.36 bits per heavy atom. The summed E-state index contributed by atoms with van der Waals surface area (Å²) in [5.74, 6) is 0. The third-order valence-corrected chi connectivity index (χ3v) is 2.23. The average Bonchev–Trinajstić information content (AvgIpc) is 1.84. The van der Waals surface area contributed by atoms with Gasteiger partial charge in [0.15, 0.2) is 0 Å². The van der Waals surface area contributed by atoms with Gasteiger partial charge in [0.05, 0.1) is 6.61 Å². The van der Waals surface area contributed by atoms with Crippen LogP contribution in [0.2, 0.25) is 0 Å². The van der Waals surface area contributed by atoms with Crippen LogP contribution < -0.4 is 41.0 Å². The molecule has 0 aliphatic heterocycles. The Morgan fingerprint density at radius 2 is 2.09 bits per heavy atom. The Morgan fingerprint density at radius 1 is 1.64 bits per heavy atom. The van der Waals surface area contributed by atoms with E-state index in [-0.39, 0.29) is 44.1 Å². The van der Waals surface area contributed by atoms with E-state index in [1.165, 1.54) is 6.92 Å². The predicted octanol–water partition coefficient (Wildman–Crippen LogP) is -4.29. The van der Waals surface area contributed by atoms with Crippen LogP contribution in [0.3, 0.4) is 0 Å². The van der Waals surface area contributed by atoms with Crippen LogP contribution in [0.5, 0.6) is 0 Å². The topological polar surface area (TPSA) is 95.4 Å². The average molecular weight is 192 g/mol. The van der Waals surface area contributed by atoms with Crippen LogP contribution in [0.1, 0.15) is 8.35 Å². The maximum absolute atomic E-state index is 10.7. The fraction of sp³-hybridized carbons (Fsp3) is 1.00. The van der Waals surface area contributed by atoms with E-state index in [1.54, 1.807) is 0 Å². The first-order chi connectivity index (χ1) is 4.50. The maximum Gasteiger partial charge on any atom is 1.00 e. The van der Waals surface area contributed by atoms with Gasteiger partial charge in [-0.2, -0.15) is 8.42 Å². The van der Waals surface area contributed by atoms with Crippen molar-refractivity contribution in [2.75, 3.05) is 13.2 Å². The standard InChI is InChI=1S/C4H12N2O3S.Na.H/c1-4(6)10(7,8)9-3-2-5;;/h4H,2-3,5-6H2,1H3;;/q;+1;-1. The zero-order chi connectivity index (χ0) is 8.20. The van der Waals surface area contributed by atoms with E-state index in [4.69, 9.17) is 11.5 Å². The van der Waals surface area contributed by atoms with Crippen LogP contribution in [-0.2, 0) is 14.3 Å². The molecule has 0 rings (SSSR count). The molecule has 0 aromatic heterocycles. The van der Waals surface area contributed by atoms with Crippen molar-refractivity contribution in [2.45, 2.75) is 12.3 Å². The molecule has 0 aliphatic rings. The normalized spacial score (nSPS) is 13.7. The van der Waals surface area contributed by atoms with Gasteiger partial charge in [0, 0.05) is 6.54 Å². The van der Waals surface area contributed by atoms with Gasteiger partial charge in [-0.1, -0.05) is 0 Å². The molecule has 64 valence electrons. The molecule has 0 fully saturated rings. The van der Waals surface area contributed by atoms with Crippen LogP contribution in [0.4, 0.5) is 0 Å². The SMILES string of the molecule is CC(N)S(=O)(=O)OCCN.[H-].[Na+]. The van der Waals surface area contributed by atoms with Crippen LogP contribution >= 0.6 is 0 Å². The molecule has 0 saturated carbocycles. The number of nitrogens with two attached hydrogens (primary N) is 2. The van der Waals surface area contributed by atoms with Crippen LogP contribution in [0.15, 0.2) is 0 Å². The summed E-state index contributed by atoms with van der Waals surface area (Å²) in [6.07, 6.45) is 0. The molecule has 11 heavy (non-hydrogen) atoms. The Labute approximate surface area is 90.4 Å². The molecule has 1 atom stereocenters. The molecular formula is C4H13N2NaO3S. The summed E-state index contributed by atoms with van der Waals surface area (Å²) in [5.41, 5.74) is 10.1. The quantitative estimate of drug-likeness (QED) is 0.347. The molecule has 0 aromatic rings. The summed E-state index contributed by atoms with van der Waals surface area (Å²) in [6, 6.07) is 0. The first-order valence-corrected chi connectivity index (χ1v) is 4.31. The largest absolute Gasteiger partial charge is 1.00 e. The molecule has 0 amide bonds. The van der Waals surface area contributed by atoms with Crippen LogP contribution in [-0.4, -0.2) is 26.9 Å². The summed E-state index contributed by atoms with van der Waals surface area (Å²) in [6.45, 7) is 1.50. The van der Waals surface area contributed by atoms with Gasteiger partial charge in [-0.05, 0) is 6.92 Å². The fourth-order valence-electron chi connectivity index (χ4n) is 0.272. The van der Waals surface area contributed by atoms with Crippen molar-refractivity contribution in [3.63, 3.8) is 0 Å². The fourth-order valence-corrected chi connectivity index (χ4v) is 0.815. The smallest absolute Gasteiger partial charge is 1.00 e. The second-order valence-corrected chi connectivity index (χ2v) is 3.77. The predicted molar refractivity (Wildman–Crippen MR) is 38.7 cm³/mol. The number of hydrogen-bond donors (Lipinski definition) is 2. The van der Waals surface area contributed by atoms with E-state index in [1.807, 2.05) is 0 Å². The van der Waals surface area contributed by atoms with E-state index >= 15 is 0 Å². The molecule has 0 aliphatic carbocycles. The van der Waals surface area contributed by atoms with Crippen LogP contribution in [0.25, 0.3) is 0 Å². The molecule has 4 N–H and O–H groups in total. The molecule has 0 saturated heterocycles. The van der Waals surface area contributed by atoms with Gasteiger partial charge in [0.25, 0.3) is 10.1 Å². The van der Waals surface area contributed by atoms with E-state index < -0.39 is 15.5 Å². The van der Waals surface area contributed by atoms with Gasteiger partial charge in [-0.3, -0.25) is 4.18 Å². The Balaban J connectivity index is -0.000000405. The number of rotatable bonds is 4. The van der Waals surface area contributed by atoms with Crippen molar-refractivity contribution in [1.29, 1.82) is 0 Å². The van der Waals surface area contributed by atoms with E-state index in [0.717, 1.165) is 0 Å². The maximum atomic E-state index is 10.7. The summed E-state index contributed by atoms with van der Waals surface area (Å²) in [4.78, 5) is 0. The zero-order valence-electron chi connectivity index (χ0n) is 7.78. The van der Waals surface area contributed by atoms with Gasteiger partial charge >= 0.3 is 29.6 Å². The third-order valence-electron chi connectivity index (χ3n) is 0.821. The van der Waals surface area contributed by atoms with Crippen molar-refractivity contribution >= 4 is 10.1 Å². The molecule has 1 unspecified atom stereocenters. The van der Waals surface area contributed by atoms with Gasteiger partial charge in [-0.15, -0.1) is 0 Å². The minimum Gasteiger partial charge on any atom is -1.00 e. The van der Waals surface area contributed by atoms with Gasteiger partial charge < -0.3 is 12.9 Å². The first kappa shape index (κ1) is 14.4. The van der Waals surface area contributed by atoms with Gasteiger partial charge in [-0.25, -0.2) is 0 Å². The molecular weight excluding hydrogens is 179 g/mol. The molecule has 0 heterocycles. The third kappa shape index (κ3) is 6.03. The van der Waals surface area contributed by atoms with E-state index in [2.05, 4.69) is 4.18 Å². The van der Waals surface area contributed by atoms with Crippen molar-refractivity contribution in [3.05, 3.63) is 0 Å². The second-order valence-electron chi connectivity index (χ2n) is 1.81. The van der Waals surface area contributed by atoms with Crippen molar-refractivity contribution in [2.24, 2.45) is 11.5 Å². The van der Waals surface area contributed by atoms with E-state index in [0.29, 0.717) is 0 Å². The summed E-state index contributed by atoms with van der Waals surface area (Å²) >= 11 is 0. The molecule has 0 bridgehead atoms. The molecule has 0 radical (unpaired) electrons. The molecule has 0 aromatic carbocycles. The van der Waals surface area contributed by atoms with Crippen LogP contribution in [0, 0.1) is 0 Å². The zero-order valence-corrected chi connectivity index (χ0v) is 9.60. The van der Waals surface area contributed by atoms with Crippen molar-refractivity contribution in [1.82, 2.24) is 0 Å². The Hall–Kier alpha value is 0.830. The van der Waals surface area contributed by atoms with Gasteiger partial charge in [0.1, 0.15) is 5.37 Å². The summed E-state index contributed by atoms with van der Waals surface area (Å²) in [5, 5.41) is -0.987. The summed E-state index contributed by atoms with van der Waals surface area (Å²) < 4.78 is 25.7. The molecule has 0 spiro atoms. The summed E-state index contributed by atoms with van der Waals surface area (Å²) in [7, 11) is -3.56. The van der Waals surface area contributed by atoms with E-state index in [9.17, 15) is 8.42 Å². The molecule has 7 heteroatoms. The Bertz CT molecular complexity index is 185. The Kier molecular flexibility index (Phi) is 8.30. The monoisotopic (exact) mass is 192 g/mol. The van der Waals surface area contributed by atoms with Crippen molar-refractivity contribution < 1.29 is 43.6 Å².